The van der Waals surface area contributed by atoms with Crippen molar-refractivity contribution in [3.63, 3.8) is 0 Å². The Kier molecular flexibility index (Phi) is 60.8. The van der Waals surface area contributed by atoms with Gasteiger partial charge in [0.1, 0.15) is 63.2 Å². The van der Waals surface area contributed by atoms with E-state index in [2.05, 4.69) is 0 Å². The standard InChI is InChI=1S/5C12H10O.2C9H14O3Si.3C9H14O2Si.C2H6.2CH4O/c5*1-3-7-11(8-4-1)13-12-9-5-2-6-10-12;1-10-13(3,11-2)12-9-7-5-4-6-8-9;1-10-13(11-2,12-3)9-7-5-4-6-8-9;3*1-10-12(3,11-2)9-7-5-4-6-8-9;3*1-2/h5*1-10H;2*4-8H,1-3H3;3*4-8H,1-3H3;1-2H3;2*2H,1H3. The van der Waals surface area contributed by atoms with E-state index in [0.29, 0.717) is 0 Å². The minimum Gasteiger partial charge on any atom is -0.501 e. The third-order valence-corrected chi connectivity index (χ3v) is 32.1. The minimum atomic E-state index is -2.59. The molecular weight excluding hydrogens is 1750 g/mol. The second kappa shape index (κ2) is 70.4. The van der Waals surface area contributed by atoms with Crippen molar-refractivity contribution < 1.29 is 87.0 Å². The van der Waals surface area contributed by atoms with E-state index in [-0.39, 0.29) is 0 Å². The minimum absolute atomic E-state index is 0.778. The molecule has 0 bridgehead atoms. The van der Waals surface area contributed by atoms with Gasteiger partial charge in [-0.3, -0.25) is 0 Å². The third kappa shape index (κ3) is 46.1. The van der Waals surface area contributed by atoms with Crippen LogP contribution < -0.4 is 48.9 Å². The van der Waals surface area contributed by atoms with E-state index in [9.17, 15) is 0 Å². The molecule has 0 fully saturated rings. The van der Waals surface area contributed by atoms with Crippen molar-refractivity contribution in [1.29, 1.82) is 0 Å². The van der Waals surface area contributed by atoms with Gasteiger partial charge in [-0.05, 0) is 169 Å². The first-order chi connectivity index (χ1) is 64.9. The van der Waals surface area contributed by atoms with Crippen LogP contribution in [0.25, 0.3) is 0 Å². The fourth-order valence-electron chi connectivity index (χ4n) is 10.9. The van der Waals surface area contributed by atoms with E-state index in [1.807, 2.05) is 495 Å². The van der Waals surface area contributed by atoms with E-state index in [0.717, 1.165) is 98.2 Å². The summed E-state index contributed by atoms with van der Waals surface area (Å²) in [6.07, 6.45) is 0. The summed E-state index contributed by atoms with van der Waals surface area (Å²) in [6.45, 7) is 11.9. The van der Waals surface area contributed by atoms with Crippen LogP contribution in [0.5, 0.6) is 63.2 Å². The highest BCUT2D eigenvalue weighted by Crippen LogP contribution is 2.25. The lowest BCUT2D eigenvalue weighted by Gasteiger charge is -2.24. The van der Waals surface area contributed by atoms with Gasteiger partial charge in [-0.2, -0.15) is 0 Å². The lowest BCUT2D eigenvalue weighted by atomic mass is 10.3. The molecule has 15 aromatic carbocycles. The fraction of sp³-hybridized carbons (Fsp3) is 0.174. The molecule has 0 unspecified atom stereocenters. The van der Waals surface area contributed by atoms with Gasteiger partial charge in [0, 0.05) is 104 Å². The number of hydrogen-bond acceptors (Lipinski definition) is 19. The predicted octanol–water partition coefficient (Wildman–Crippen LogP) is 24.1. The zero-order valence-corrected chi connectivity index (χ0v) is 85.1. The summed E-state index contributed by atoms with van der Waals surface area (Å²) < 4.78 is 92.1. The topological polar surface area (TPSA) is 197 Å². The smallest absolute Gasteiger partial charge is 0.501 e. The summed E-state index contributed by atoms with van der Waals surface area (Å²) in [6, 6.07) is 147. The third-order valence-electron chi connectivity index (χ3n) is 18.6. The largest absolute Gasteiger partial charge is 0.562 e. The quantitative estimate of drug-likeness (QED) is 0.0461. The van der Waals surface area contributed by atoms with E-state index < -0.39 is 43.3 Å². The maximum atomic E-state index is 7.00. The Bertz CT molecular complexity index is 4370. The molecule has 133 heavy (non-hydrogen) atoms. The molecule has 0 radical (unpaired) electrons. The Balaban J connectivity index is 0.000000378. The van der Waals surface area contributed by atoms with Crippen LogP contribution >= 0.6 is 0 Å². The molecule has 0 saturated heterocycles. The Morgan fingerprint density at radius 3 is 0.391 bits per heavy atom. The molecule has 0 aliphatic heterocycles. The first-order valence-corrected chi connectivity index (χ1v) is 53.6. The molecule has 0 atom stereocenters. The monoisotopic (exact) mass is 1890 g/mol. The van der Waals surface area contributed by atoms with E-state index in [1.165, 1.54) is 0 Å². The molecule has 0 aliphatic carbocycles. The maximum Gasteiger partial charge on any atom is 0.562 e. The van der Waals surface area contributed by atoms with Crippen LogP contribution in [0.3, 0.4) is 0 Å². The van der Waals surface area contributed by atoms with Gasteiger partial charge < -0.3 is 87.0 Å². The molecule has 15 aromatic rings. The second-order valence-electron chi connectivity index (χ2n) is 27.0. The van der Waals surface area contributed by atoms with Gasteiger partial charge in [0.05, 0.1) is 0 Å². The Labute approximate surface area is 796 Å². The summed E-state index contributed by atoms with van der Waals surface area (Å²) in [7, 11) is 8.93. The fourth-order valence-corrected chi connectivity index (χ4v) is 17.9. The summed E-state index contributed by atoms with van der Waals surface area (Å²) in [4.78, 5) is 0. The highest BCUT2D eigenvalue weighted by molar-refractivity contribution is 6.80. The number of aliphatic hydroxyl groups excluding tert-OH is 2. The molecule has 0 spiro atoms. The summed E-state index contributed by atoms with van der Waals surface area (Å²) in [5, 5.41) is 18.5. The van der Waals surface area contributed by atoms with Crippen molar-refractivity contribution in [2.24, 2.45) is 0 Å². The molecule has 0 aliphatic rings. The Morgan fingerprint density at radius 2 is 0.271 bits per heavy atom. The van der Waals surface area contributed by atoms with Crippen molar-refractivity contribution in [3.05, 3.63) is 455 Å². The second-order valence-corrected chi connectivity index (χ2v) is 42.5. The van der Waals surface area contributed by atoms with Gasteiger partial charge in [0.2, 0.25) is 0 Å². The van der Waals surface area contributed by atoms with Crippen LogP contribution in [-0.2, 0) is 48.7 Å². The molecular formula is C109H134O19Si5. The van der Waals surface area contributed by atoms with Crippen molar-refractivity contribution in [1.82, 2.24) is 0 Å². The average Bonchev–Trinajstić information content (AvgIpc) is 0.852. The van der Waals surface area contributed by atoms with Crippen LogP contribution in [0.15, 0.2) is 455 Å². The average molecular weight is 1890 g/mol. The van der Waals surface area contributed by atoms with Crippen LogP contribution in [0.2, 0.25) is 26.2 Å². The van der Waals surface area contributed by atoms with Crippen molar-refractivity contribution >= 4 is 64.0 Å². The first-order valence-electron chi connectivity index (χ1n) is 42.7. The first kappa shape index (κ1) is 115. The molecule has 0 aromatic heterocycles. The van der Waals surface area contributed by atoms with Gasteiger partial charge in [-0.15, -0.1) is 0 Å². The molecule has 15 rings (SSSR count). The van der Waals surface area contributed by atoms with Crippen LogP contribution in [-0.4, -0.2) is 146 Å². The van der Waals surface area contributed by atoms with Gasteiger partial charge in [0.25, 0.3) is 0 Å². The van der Waals surface area contributed by atoms with Crippen molar-refractivity contribution in [2.45, 2.75) is 40.0 Å². The van der Waals surface area contributed by atoms with Gasteiger partial charge in [-0.25, -0.2) is 0 Å². The highest BCUT2D eigenvalue weighted by atomic mass is 28.4. The maximum absolute atomic E-state index is 7.00. The van der Waals surface area contributed by atoms with Gasteiger partial charge >= 0.3 is 43.3 Å². The zero-order valence-electron chi connectivity index (χ0n) is 80.1. The molecule has 19 nitrogen and oxygen atoms in total. The number of benzene rings is 15. The van der Waals surface area contributed by atoms with E-state index in [4.69, 9.17) is 87.0 Å². The number of para-hydroxylation sites is 11. The lowest BCUT2D eigenvalue weighted by molar-refractivity contribution is 0.140. The lowest BCUT2D eigenvalue weighted by Crippen LogP contribution is -2.54. The zero-order chi connectivity index (χ0) is 97.2. The molecule has 0 amide bonds. The molecule has 24 heteroatoms. The van der Waals surface area contributed by atoms with Crippen molar-refractivity contribution in [3.8, 4) is 63.2 Å². The van der Waals surface area contributed by atoms with Crippen LogP contribution in [0.4, 0.5) is 0 Å². The molecule has 2 N–H and O–H groups in total. The van der Waals surface area contributed by atoms with E-state index in [1.54, 1.807) is 78.2 Å². The number of ether oxygens (including phenoxy) is 5. The number of hydrogen-bond donors (Lipinski definition) is 2. The molecule has 0 saturated carbocycles. The van der Waals surface area contributed by atoms with Crippen LogP contribution in [0.1, 0.15) is 13.8 Å². The van der Waals surface area contributed by atoms with Gasteiger partial charge in [0.15, 0.2) is 0 Å². The number of rotatable bonds is 27. The summed E-state index contributed by atoms with van der Waals surface area (Å²) >= 11 is 0. The molecule has 704 valence electrons. The van der Waals surface area contributed by atoms with E-state index >= 15 is 0 Å². The highest BCUT2D eigenvalue weighted by Gasteiger charge is 2.40. The SMILES string of the molecule is CC.CO.CO.CO[Si](C)(OC)Oc1ccccc1.CO[Si](C)(OC)c1ccccc1.CO[Si](C)(OC)c1ccccc1.CO[Si](C)(OC)c1ccccc1.CO[Si](OC)(OC)c1ccccc1.c1ccc(Oc2ccccc2)cc1.c1ccc(Oc2ccccc2)cc1.c1ccc(Oc2ccccc2)cc1.c1ccc(Oc2ccccc2)cc1.c1ccc(Oc2ccccc2)cc1. The Hall–Kier alpha value is -12.3. The Morgan fingerprint density at radius 1 is 0.150 bits per heavy atom. The normalized spacial score (nSPS) is 10.2. The number of aliphatic hydroxyl groups is 2. The van der Waals surface area contributed by atoms with Crippen molar-refractivity contribution in [2.75, 3.05) is 92.4 Å². The molecule has 0 heterocycles. The summed E-state index contributed by atoms with van der Waals surface area (Å²) in [5.41, 5.74) is 0. The van der Waals surface area contributed by atoms with Crippen LogP contribution in [0, 0.1) is 0 Å². The van der Waals surface area contributed by atoms with Gasteiger partial charge in [-0.1, -0.05) is 335 Å². The predicted molar refractivity (Wildman–Crippen MR) is 553 cm³/mol. The summed E-state index contributed by atoms with van der Waals surface area (Å²) in [5.74, 6) is 9.47.